The summed E-state index contributed by atoms with van der Waals surface area (Å²) >= 11 is 0. The van der Waals surface area contributed by atoms with Crippen LogP contribution in [0.5, 0.6) is 0 Å². The van der Waals surface area contributed by atoms with Gasteiger partial charge in [0.1, 0.15) is 11.4 Å². The van der Waals surface area contributed by atoms with Gasteiger partial charge >= 0.3 is 0 Å². The van der Waals surface area contributed by atoms with Crippen LogP contribution in [0.4, 0.5) is 0 Å². The van der Waals surface area contributed by atoms with Gasteiger partial charge in [-0.15, -0.1) is 0 Å². The SMILES string of the molecule is CC(C)C(=O)Cc1coc2ccccc12. The normalized spacial score (nSPS) is 11.1. The second-order valence-electron chi connectivity index (χ2n) is 4.05. The monoisotopic (exact) mass is 202 g/mol. The van der Waals surface area contributed by atoms with Crippen LogP contribution in [0.15, 0.2) is 34.9 Å². The molecule has 78 valence electrons. The molecule has 0 amide bonds. The van der Waals surface area contributed by atoms with Crippen molar-refractivity contribution < 1.29 is 9.21 Å². The molecule has 2 heteroatoms. The van der Waals surface area contributed by atoms with Crippen LogP contribution in [-0.2, 0) is 11.2 Å². The quantitative estimate of drug-likeness (QED) is 0.765. The summed E-state index contributed by atoms with van der Waals surface area (Å²) in [5.74, 6) is 0.334. The number of rotatable bonds is 3. The summed E-state index contributed by atoms with van der Waals surface area (Å²) in [4.78, 5) is 11.6. The zero-order valence-corrected chi connectivity index (χ0v) is 8.99. The van der Waals surface area contributed by atoms with E-state index < -0.39 is 0 Å². The van der Waals surface area contributed by atoms with Gasteiger partial charge in [0.05, 0.1) is 6.26 Å². The number of benzene rings is 1. The zero-order chi connectivity index (χ0) is 10.8. The first-order valence-corrected chi connectivity index (χ1v) is 5.16. The number of para-hydroxylation sites is 1. The van der Waals surface area contributed by atoms with Crippen LogP contribution < -0.4 is 0 Å². The molecule has 1 heterocycles. The van der Waals surface area contributed by atoms with Gasteiger partial charge in [0.2, 0.25) is 0 Å². The number of furan rings is 1. The lowest BCUT2D eigenvalue weighted by atomic mass is 10.0. The van der Waals surface area contributed by atoms with E-state index in [0.29, 0.717) is 6.42 Å². The first-order valence-electron chi connectivity index (χ1n) is 5.16. The number of ketones is 1. The van der Waals surface area contributed by atoms with Crippen molar-refractivity contribution in [3.63, 3.8) is 0 Å². The van der Waals surface area contributed by atoms with Crippen molar-refractivity contribution in [1.29, 1.82) is 0 Å². The molecule has 0 radical (unpaired) electrons. The van der Waals surface area contributed by atoms with Crippen molar-refractivity contribution in [1.82, 2.24) is 0 Å². The second kappa shape index (κ2) is 3.89. The maximum atomic E-state index is 11.6. The highest BCUT2D eigenvalue weighted by Gasteiger charge is 2.12. The maximum absolute atomic E-state index is 11.6. The smallest absolute Gasteiger partial charge is 0.139 e. The Labute approximate surface area is 88.9 Å². The summed E-state index contributed by atoms with van der Waals surface area (Å²) in [6, 6.07) is 7.79. The number of fused-ring (bicyclic) bond motifs is 1. The fraction of sp³-hybridized carbons (Fsp3) is 0.308. The van der Waals surface area contributed by atoms with Crippen LogP contribution in [0.2, 0.25) is 0 Å². The number of hydrogen-bond donors (Lipinski definition) is 0. The van der Waals surface area contributed by atoms with Crippen LogP contribution in [0, 0.1) is 5.92 Å². The Morgan fingerprint density at radius 3 is 2.80 bits per heavy atom. The van der Waals surface area contributed by atoms with E-state index in [0.717, 1.165) is 16.5 Å². The summed E-state index contributed by atoms with van der Waals surface area (Å²) in [6.45, 7) is 3.84. The molecule has 0 aliphatic rings. The molecule has 1 aromatic heterocycles. The minimum Gasteiger partial charge on any atom is -0.464 e. The summed E-state index contributed by atoms with van der Waals surface area (Å²) in [6.07, 6.45) is 2.15. The molecule has 0 aliphatic carbocycles. The van der Waals surface area contributed by atoms with Gasteiger partial charge in [-0.25, -0.2) is 0 Å². The van der Waals surface area contributed by atoms with Gasteiger partial charge < -0.3 is 4.42 Å². The minimum absolute atomic E-state index is 0.0821. The lowest BCUT2D eigenvalue weighted by Gasteiger charge is -2.01. The molecule has 0 fully saturated rings. The highest BCUT2D eigenvalue weighted by atomic mass is 16.3. The third-order valence-electron chi connectivity index (χ3n) is 2.57. The lowest BCUT2D eigenvalue weighted by molar-refractivity contribution is -0.121. The van der Waals surface area contributed by atoms with Crippen molar-refractivity contribution in [3.05, 3.63) is 36.1 Å². The highest BCUT2D eigenvalue weighted by molar-refractivity contribution is 5.89. The van der Waals surface area contributed by atoms with Crippen molar-refractivity contribution in [2.24, 2.45) is 5.92 Å². The molecular weight excluding hydrogens is 188 g/mol. The Bertz CT molecular complexity index is 480. The Hall–Kier alpha value is -1.57. The molecular formula is C13H14O2. The van der Waals surface area contributed by atoms with Gasteiger partial charge in [-0.2, -0.15) is 0 Å². The molecule has 2 aromatic rings. The molecule has 2 nitrogen and oxygen atoms in total. The number of hydrogen-bond acceptors (Lipinski definition) is 2. The molecule has 0 saturated heterocycles. The second-order valence-corrected chi connectivity index (χ2v) is 4.05. The lowest BCUT2D eigenvalue weighted by Crippen LogP contribution is -2.09. The third kappa shape index (κ3) is 1.94. The van der Waals surface area contributed by atoms with Gasteiger partial charge in [0.25, 0.3) is 0 Å². The maximum Gasteiger partial charge on any atom is 0.139 e. The number of Topliss-reactive ketones (excluding diaryl/α,β-unsaturated/α-hetero) is 1. The fourth-order valence-corrected chi connectivity index (χ4v) is 1.56. The molecule has 0 bridgehead atoms. The Morgan fingerprint density at radius 2 is 2.07 bits per heavy atom. The molecule has 0 unspecified atom stereocenters. The molecule has 0 saturated carbocycles. The largest absolute Gasteiger partial charge is 0.464 e. The van der Waals surface area contributed by atoms with E-state index in [2.05, 4.69) is 0 Å². The van der Waals surface area contributed by atoms with Gasteiger partial charge in [-0.1, -0.05) is 32.0 Å². The van der Waals surface area contributed by atoms with E-state index >= 15 is 0 Å². The number of carbonyl (C=O) groups excluding carboxylic acids is 1. The van der Waals surface area contributed by atoms with Gasteiger partial charge in [-0.3, -0.25) is 4.79 Å². The molecule has 0 spiro atoms. The summed E-state index contributed by atoms with van der Waals surface area (Å²) in [5.41, 5.74) is 1.84. The summed E-state index contributed by atoms with van der Waals surface area (Å²) in [7, 11) is 0. The van der Waals surface area contributed by atoms with Crippen molar-refractivity contribution in [2.75, 3.05) is 0 Å². The van der Waals surface area contributed by atoms with E-state index in [1.54, 1.807) is 6.26 Å². The van der Waals surface area contributed by atoms with Crippen molar-refractivity contribution in [2.45, 2.75) is 20.3 Å². The van der Waals surface area contributed by atoms with Crippen molar-refractivity contribution >= 4 is 16.8 Å². The van der Waals surface area contributed by atoms with E-state index in [9.17, 15) is 4.79 Å². The Morgan fingerprint density at radius 1 is 1.33 bits per heavy atom. The zero-order valence-electron chi connectivity index (χ0n) is 8.99. The summed E-state index contributed by atoms with van der Waals surface area (Å²) < 4.78 is 5.38. The molecule has 0 atom stereocenters. The van der Waals surface area contributed by atoms with E-state index in [4.69, 9.17) is 4.42 Å². The average Bonchev–Trinajstić information content (AvgIpc) is 2.62. The van der Waals surface area contributed by atoms with Crippen LogP contribution in [0.1, 0.15) is 19.4 Å². The van der Waals surface area contributed by atoms with E-state index in [1.165, 1.54) is 0 Å². The fourth-order valence-electron chi connectivity index (χ4n) is 1.56. The van der Waals surface area contributed by atoms with Crippen molar-refractivity contribution in [3.8, 4) is 0 Å². The molecule has 2 rings (SSSR count). The van der Waals surface area contributed by atoms with Crippen LogP contribution in [0.3, 0.4) is 0 Å². The minimum atomic E-state index is 0.0821. The Kier molecular flexibility index (Phi) is 2.58. The Balaban J connectivity index is 2.33. The summed E-state index contributed by atoms with van der Waals surface area (Å²) in [5, 5.41) is 1.05. The van der Waals surface area contributed by atoms with Gasteiger partial charge in [0, 0.05) is 23.3 Å². The van der Waals surface area contributed by atoms with Gasteiger partial charge in [0.15, 0.2) is 0 Å². The van der Waals surface area contributed by atoms with Gasteiger partial charge in [-0.05, 0) is 6.07 Å². The predicted octanol–water partition coefficient (Wildman–Crippen LogP) is 3.20. The van der Waals surface area contributed by atoms with Crippen LogP contribution >= 0.6 is 0 Å². The topological polar surface area (TPSA) is 30.2 Å². The average molecular weight is 202 g/mol. The molecule has 0 N–H and O–H groups in total. The van der Waals surface area contributed by atoms with Crippen LogP contribution in [0.25, 0.3) is 11.0 Å². The van der Waals surface area contributed by atoms with Crippen LogP contribution in [-0.4, -0.2) is 5.78 Å². The predicted molar refractivity (Wildman–Crippen MR) is 59.8 cm³/mol. The molecule has 0 aliphatic heterocycles. The highest BCUT2D eigenvalue weighted by Crippen LogP contribution is 2.21. The molecule has 15 heavy (non-hydrogen) atoms. The van der Waals surface area contributed by atoms with E-state index in [1.807, 2.05) is 38.1 Å². The standard InChI is InChI=1S/C13H14O2/c1-9(2)12(14)7-10-8-15-13-6-4-3-5-11(10)13/h3-6,8-9H,7H2,1-2H3. The molecule has 1 aromatic carbocycles. The first-order chi connectivity index (χ1) is 7.18. The van der Waals surface area contributed by atoms with E-state index in [-0.39, 0.29) is 11.7 Å². The number of carbonyl (C=O) groups is 1. The third-order valence-corrected chi connectivity index (χ3v) is 2.57. The first kappa shape index (κ1) is 9.97.